The Kier molecular flexibility index (Phi) is 6.09. The average Bonchev–Trinajstić information content (AvgIpc) is 2.20. The van der Waals surface area contributed by atoms with Crippen molar-refractivity contribution < 1.29 is 4.79 Å². The Hall–Kier alpha value is -0.610. The van der Waals surface area contributed by atoms with Crippen LogP contribution in [0, 0.1) is 11.8 Å². The molecule has 1 saturated heterocycles. The van der Waals surface area contributed by atoms with Crippen molar-refractivity contribution in [3.8, 4) is 0 Å². The van der Waals surface area contributed by atoms with Crippen molar-refractivity contribution in [1.29, 1.82) is 0 Å². The van der Waals surface area contributed by atoms with E-state index < -0.39 is 0 Å². The molecular weight excluding hydrogens is 226 g/mol. The van der Waals surface area contributed by atoms with Gasteiger partial charge in [0.2, 0.25) is 5.91 Å². The van der Waals surface area contributed by atoms with E-state index >= 15 is 0 Å². The lowest BCUT2D eigenvalue weighted by atomic mass is 9.88. The van der Waals surface area contributed by atoms with Crippen LogP contribution in [0.25, 0.3) is 0 Å². The van der Waals surface area contributed by atoms with Crippen LogP contribution in [0.15, 0.2) is 0 Å². The summed E-state index contributed by atoms with van der Waals surface area (Å²) in [7, 11) is 0. The zero-order valence-corrected chi connectivity index (χ0v) is 12.5. The van der Waals surface area contributed by atoms with Crippen molar-refractivity contribution in [1.82, 2.24) is 15.5 Å². The largest absolute Gasteiger partial charge is 0.355 e. The summed E-state index contributed by atoms with van der Waals surface area (Å²) in [6.45, 7) is 14.5. The lowest BCUT2D eigenvalue weighted by Gasteiger charge is -2.33. The minimum atomic E-state index is 0.137. The van der Waals surface area contributed by atoms with Gasteiger partial charge in [-0.1, -0.05) is 6.92 Å². The van der Waals surface area contributed by atoms with Gasteiger partial charge in [0.05, 0.1) is 0 Å². The highest BCUT2D eigenvalue weighted by Gasteiger charge is 2.28. The molecule has 0 aromatic heterocycles. The van der Waals surface area contributed by atoms with Gasteiger partial charge in [-0.25, -0.2) is 0 Å². The lowest BCUT2D eigenvalue weighted by molar-refractivity contribution is -0.126. The molecule has 0 spiro atoms. The van der Waals surface area contributed by atoms with Gasteiger partial charge in [-0.2, -0.15) is 0 Å². The Morgan fingerprint density at radius 3 is 2.17 bits per heavy atom. The van der Waals surface area contributed by atoms with Crippen LogP contribution < -0.4 is 10.6 Å². The van der Waals surface area contributed by atoms with E-state index in [0.29, 0.717) is 18.0 Å². The molecule has 1 rings (SSSR count). The van der Waals surface area contributed by atoms with Crippen molar-refractivity contribution in [3.63, 3.8) is 0 Å². The average molecular weight is 255 g/mol. The van der Waals surface area contributed by atoms with Gasteiger partial charge in [-0.15, -0.1) is 0 Å². The highest BCUT2D eigenvalue weighted by atomic mass is 16.1. The molecule has 0 radical (unpaired) electrons. The van der Waals surface area contributed by atoms with E-state index in [9.17, 15) is 4.79 Å². The van der Waals surface area contributed by atoms with Gasteiger partial charge >= 0.3 is 0 Å². The predicted molar refractivity (Wildman–Crippen MR) is 75.5 cm³/mol. The first kappa shape index (κ1) is 15.4. The fraction of sp³-hybridized carbons (Fsp3) is 0.929. The van der Waals surface area contributed by atoms with E-state index in [4.69, 9.17) is 0 Å². The van der Waals surface area contributed by atoms with Crippen LogP contribution >= 0.6 is 0 Å². The first-order valence-corrected chi connectivity index (χ1v) is 7.17. The van der Waals surface area contributed by atoms with Gasteiger partial charge in [0.15, 0.2) is 0 Å². The van der Waals surface area contributed by atoms with Crippen molar-refractivity contribution >= 4 is 5.91 Å². The molecule has 0 bridgehead atoms. The van der Waals surface area contributed by atoms with E-state index in [-0.39, 0.29) is 11.8 Å². The van der Waals surface area contributed by atoms with E-state index in [0.717, 1.165) is 26.2 Å². The van der Waals surface area contributed by atoms with E-state index in [1.54, 1.807) is 0 Å². The summed E-state index contributed by atoms with van der Waals surface area (Å²) < 4.78 is 0. The molecule has 18 heavy (non-hydrogen) atoms. The quantitative estimate of drug-likeness (QED) is 0.715. The second-order valence-corrected chi connectivity index (χ2v) is 5.92. The molecule has 1 aliphatic rings. The number of carbonyl (C=O) groups excluding carboxylic acids is 1. The fourth-order valence-electron chi connectivity index (χ4n) is 2.46. The molecule has 1 heterocycles. The van der Waals surface area contributed by atoms with Crippen LogP contribution in [0.1, 0.15) is 34.6 Å². The standard InChI is InChI=1S/C14H29N3O/c1-10(2)17(11(3)4)7-6-16-14(18)12(5)13-8-15-9-13/h10-13,15H,6-9H2,1-5H3,(H,16,18). The van der Waals surface area contributed by atoms with Crippen LogP contribution in [0.2, 0.25) is 0 Å². The molecule has 0 aromatic carbocycles. The highest BCUT2D eigenvalue weighted by Crippen LogP contribution is 2.15. The minimum absolute atomic E-state index is 0.137. The summed E-state index contributed by atoms with van der Waals surface area (Å²) in [6, 6.07) is 1.05. The smallest absolute Gasteiger partial charge is 0.223 e. The zero-order valence-electron chi connectivity index (χ0n) is 12.5. The van der Waals surface area contributed by atoms with Crippen LogP contribution in [0.5, 0.6) is 0 Å². The lowest BCUT2D eigenvalue weighted by Crippen LogP contribution is -2.50. The number of amides is 1. The Morgan fingerprint density at radius 1 is 1.22 bits per heavy atom. The van der Waals surface area contributed by atoms with Crippen molar-refractivity contribution in [2.75, 3.05) is 26.2 Å². The summed E-state index contributed by atoms with van der Waals surface area (Å²) in [5, 5.41) is 6.28. The topological polar surface area (TPSA) is 44.4 Å². The molecule has 0 aliphatic carbocycles. The molecular formula is C14H29N3O. The summed E-state index contributed by atoms with van der Waals surface area (Å²) >= 11 is 0. The summed E-state index contributed by atoms with van der Waals surface area (Å²) in [4.78, 5) is 14.3. The maximum Gasteiger partial charge on any atom is 0.223 e. The number of hydrogen-bond donors (Lipinski definition) is 2. The minimum Gasteiger partial charge on any atom is -0.355 e. The van der Waals surface area contributed by atoms with Crippen molar-refractivity contribution in [2.45, 2.75) is 46.7 Å². The molecule has 2 N–H and O–H groups in total. The van der Waals surface area contributed by atoms with Crippen molar-refractivity contribution in [2.24, 2.45) is 11.8 Å². The maximum atomic E-state index is 11.9. The molecule has 0 aromatic rings. The first-order chi connectivity index (χ1) is 8.43. The number of carbonyl (C=O) groups is 1. The molecule has 0 saturated carbocycles. The SMILES string of the molecule is CC(C(=O)NCCN(C(C)C)C(C)C)C1CNC1. The third-order valence-electron chi connectivity index (χ3n) is 3.93. The van der Waals surface area contributed by atoms with E-state index in [1.165, 1.54) is 0 Å². The van der Waals surface area contributed by atoms with E-state index in [1.807, 2.05) is 6.92 Å². The molecule has 1 unspecified atom stereocenters. The van der Waals surface area contributed by atoms with Crippen LogP contribution in [0.4, 0.5) is 0 Å². The summed E-state index contributed by atoms with van der Waals surface area (Å²) in [5.41, 5.74) is 0. The highest BCUT2D eigenvalue weighted by molar-refractivity contribution is 5.78. The normalized spacial score (nSPS) is 18.2. The van der Waals surface area contributed by atoms with Crippen LogP contribution in [-0.2, 0) is 4.79 Å². The Bertz CT molecular complexity index is 254. The second-order valence-electron chi connectivity index (χ2n) is 5.92. The van der Waals surface area contributed by atoms with Gasteiger partial charge in [0, 0.05) is 31.1 Å². The summed E-state index contributed by atoms with van der Waals surface area (Å²) in [6.07, 6.45) is 0. The molecule has 4 nitrogen and oxygen atoms in total. The Labute approximate surface area is 111 Å². The third-order valence-corrected chi connectivity index (χ3v) is 3.93. The molecule has 1 fully saturated rings. The van der Waals surface area contributed by atoms with Gasteiger partial charge < -0.3 is 10.6 Å². The first-order valence-electron chi connectivity index (χ1n) is 7.17. The number of nitrogens with zero attached hydrogens (tertiary/aromatic N) is 1. The maximum absolute atomic E-state index is 11.9. The van der Waals surface area contributed by atoms with Crippen LogP contribution in [0.3, 0.4) is 0 Å². The molecule has 1 amide bonds. The fourth-order valence-corrected chi connectivity index (χ4v) is 2.46. The van der Waals surface area contributed by atoms with Gasteiger partial charge in [-0.3, -0.25) is 9.69 Å². The summed E-state index contributed by atoms with van der Waals surface area (Å²) in [5.74, 6) is 0.864. The monoisotopic (exact) mass is 255 g/mol. The Balaban J connectivity index is 2.25. The third kappa shape index (κ3) is 4.25. The van der Waals surface area contributed by atoms with Gasteiger partial charge in [0.1, 0.15) is 0 Å². The zero-order chi connectivity index (χ0) is 13.7. The number of hydrogen-bond acceptors (Lipinski definition) is 3. The molecule has 106 valence electrons. The Morgan fingerprint density at radius 2 is 1.78 bits per heavy atom. The second kappa shape index (κ2) is 7.10. The van der Waals surface area contributed by atoms with Gasteiger partial charge in [0.25, 0.3) is 0 Å². The van der Waals surface area contributed by atoms with Gasteiger partial charge in [-0.05, 0) is 46.7 Å². The predicted octanol–water partition coefficient (Wildman–Crippen LogP) is 1.08. The van der Waals surface area contributed by atoms with E-state index in [2.05, 4.69) is 43.2 Å². The van der Waals surface area contributed by atoms with Crippen LogP contribution in [-0.4, -0.2) is 49.1 Å². The molecule has 1 atom stereocenters. The molecule has 4 heteroatoms. The number of nitrogens with one attached hydrogen (secondary N) is 2. The van der Waals surface area contributed by atoms with Crippen molar-refractivity contribution in [3.05, 3.63) is 0 Å². The molecule has 1 aliphatic heterocycles. The number of rotatable bonds is 7.